The SMILES string of the molecule is c1ccc(-c2cc(-c3cc(-c4cccc5c4sc4ccccc45)cc(-c4cccc5c4sc4ccccc45)c3)nc(-c3ccccc3-c3cccnc3)n2)cc1. The van der Waals surface area contributed by atoms with Gasteiger partial charge in [0, 0.05) is 75.0 Å². The van der Waals surface area contributed by atoms with E-state index in [0.29, 0.717) is 5.82 Å². The lowest BCUT2D eigenvalue weighted by Crippen LogP contribution is -1.98. The first-order chi connectivity index (χ1) is 27.7. The van der Waals surface area contributed by atoms with Crippen molar-refractivity contribution < 1.29 is 0 Å². The van der Waals surface area contributed by atoms with E-state index >= 15 is 0 Å². The monoisotopic (exact) mass is 749 g/mol. The lowest BCUT2D eigenvalue weighted by molar-refractivity contribution is 1.18. The summed E-state index contributed by atoms with van der Waals surface area (Å²) in [4.78, 5) is 15.1. The molecule has 56 heavy (non-hydrogen) atoms. The predicted octanol–water partition coefficient (Wildman–Crippen LogP) is 14.6. The largest absolute Gasteiger partial charge is 0.264 e. The van der Waals surface area contributed by atoms with Crippen molar-refractivity contribution in [1.29, 1.82) is 0 Å². The van der Waals surface area contributed by atoms with Gasteiger partial charge < -0.3 is 0 Å². The van der Waals surface area contributed by atoms with Crippen LogP contribution >= 0.6 is 22.7 Å². The number of hydrogen-bond donors (Lipinski definition) is 0. The molecule has 11 aromatic rings. The zero-order valence-electron chi connectivity index (χ0n) is 30.1. The van der Waals surface area contributed by atoms with Gasteiger partial charge in [0.05, 0.1) is 11.4 Å². The summed E-state index contributed by atoms with van der Waals surface area (Å²) in [6, 6.07) is 62.9. The Bertz CT molecular complexity index is 3120. The molecule has 0 fully saturated rings. The Kier molecular flexibility index (Phi) is 7.87. The first-order valence-corrected chi connectivity index (χ1v) is 20.3. The molecule has 0 saturated carbocycles. The van der Waals surface area contributed by atoms with Crippen molar-refractivity contribution >= 4 is 63.0 Å². The van der Waals surface area contributed by atoms with Gasteiger partial charge >= 0.3 is 0 Å². The van der Waals surface area contributed by atoms with Gasteiger partial charge in [-0.15, -0.1) is 22.7 Å². The average molecular weight is 750 g/mol. The van der Waals surface area contributed by atoms with Crippen LogP contribution in [0.1, 0.15) is 0 Å². The third-order valence-electron chi connectivity index (χ3n) is 10.6. The van der Waals surface area contributed by atoms with Crippen LogP contribution < -0.4 is 0 Å². The molecular weight excluding hydrogens is 719 g/mol. The van der Waals surface area contributed by atoms with Crippen molar-refractivity contribution in [2.75, 3.05) is 0 Å². The fourth-order valence-corrected chi connectivity index (χ4v) is 10.4. The Morgan fingerprint density at radius 1 is 0.339 bits per heavy atom. The van der Waals surface area contributed by atoms with Crippen molar-refractivity contribution in [3.8, 4) is 67.3 Å². The highest BCUT2D eigenvalue weighted by atomic mass is 32.1. The number of hydrogen-bond acceptors (Lipinski definition) is 5. The number of benzene rings is 7. The summed E-state index contributed by atoms with van der Waals surface area (Å²) in [5, 5.41) is 5.15. The first-order valence-electron chi connectivity index (χ1n) is 18.7. The molecule has 0 aliphatic rings. The topological polar surface area (TPSA) is 38.7 Å². The Balaban J connectivity index is 1.19. The van der Waals surface area contributed by atoms with Crippen LogP contribution in [-0.4, -0.2) is 15.0 Å². The molecule has 0 bridgehead atoms. The number of pyridine rings is 1. The van der Waals surface area contributed by atoms with E-state index in [2.05, 4.69) is 169 Å². The van der Waals surface area contributed by atoms with Gasteiger partial charge in [-0.25, -0.2) is 9.97 Å². The van der Waals surface area contributed by atoms with Crippen LogP contribution in [0, 0.1) is 0 Å². The van der Waals surface area contributed by atoms with Crippen molar-refractivity contribution in [2.24, 2.45) is 0 Å². The molecule has 4 aromatic heterocycles. The van der Waals surface area contributed by atoms with Crippen LogP contribution in [0.25, 0.3) is 108 Å². The summed E-state index contributed by atoms with van der Waals surface area (Å²) in [6.45, 7) is 0. The maximum absolute atomic E-state index is 5.42. The number of thiophene rings is 2. The van der Waals surface area contributed by atoms with E-state index in [9.17, 15) is 0 Å². The first kappa shape index (κ1) is 32.6. The van der Waals surface area contributed by atoms with Crippen LogP contribution in [0.15, 0.2) is 188 Å². The second-order valence-electron chi connectivity index (χ2n) is 14.0. The Hall–Kier alpha value is -6.79. The highest BCUT2D eigenvalue weighted by Gasteiger charge is 2.19. The number of nitrogens with zero attached hydrogens (tertiary/aromatic N) is 3. The zero-order chi connectivity index (χ0) is 37.0. The molecule has 5 heteroatoms. The van der Waals surface area contributed by atoms with E-state index < -0.39 is 0 Å². The fraction of sp³-hybridized carbons (Fsp3) is 0. The fourth-order valence-electron chi connectivity index (χ4n) is 7.96. The summed E-state index contributed by atoms with van der Waals surface area (Å²) < 4.78 is 5.16. The van der Waals surface area contributed by atoms with Crippen LogP contribution in [0.2, 0.25) is 0 Å². The summed E-state index contributed by atoms with van der Waals surface area (Å²) in [7, 11) is 0. The highest BCUT2D eigenvalue weighted by molar-refractivity contribution is 7.26. The molecule has 3 nitrogen and oxygen atoms in total. The molecule has 0 amide bonds. The maximum atomic E-state index is 5.42. The van der Waals surface area contributed by atoms with Gasteiger partial charge in [-0.2, -0.15) is 0 Å². The van der Waals surface area contributed by atoms with Crippen LogP contribution in [-0.2, 0) is 0 Å². The lowest BCUT2D eigenvalue weighted by Gasteiger charge is -2.15. The summed E-state index contributed by atoms with van der Waals surface area (Å²) in [6.07, 6.45) is 3.71. The van der Waals surface area contributed by atoms with E-state index in [1.807, 2.05) is 41.0 Å². The van der Waals surface area contributed by atoms with Gasteiger partial charge in [-0.3, -0.25) is 4.98 Å². The van der Waals surface area contributed by atoms with Gasteiger partial charge in [0.15, 0.2) is 5.82 Å². The third-order valence-corrected chi connectivity index (χ3v) is 13.0. The normalized spacial score (nSPS) is 11.6. The molecule has 262 valence electrons. The number of aromatic nitrogens is 3. The second kappa shape index (κ2) is 13.5. The molecule has 4 heterocycles. The van der Waals surface area contributed by atoms with Crippen molar-refractivity contribution in [3.05, 3.63) is 188 Å². The molecule has 7 aromatic carbocycles. The van der Waals surface area contributed by atoms with Gasteiger partial charge in [0.2, 0.25) is 0 Å². The minimum absolute atomic E-state index is 0.672. The predicted molar refractivity (Wildman–Crippen MR) is 238 cm³/mol. The standard InChI is InChI=1S/C51H31N3S2/c1-2-13-32(14-3-1)45-30-46(54-51(53-45)44-19-5-4-16-37(44)33-15-12-26-52-31-33)36-28-34(38-20-10-22-42-40-17-6-8-24-47(40)55-49(38)42)27-35(29-36)39-21-11-23-43-41-18-7-9-25-48(41)56-50(39)43/h1-31H. The smallest absolute Gasteiger partial charge is 0.161 e. The minimum atomic E-state index is 0.672. The summed E-state index contributed by atoms with van der Waals surface area (Å²) in [5.41, 5.74) is 11.6. The second-order valence-corrected chi connectivity index (χ2v) is 16.1. The molecule has 11 rings (SSSR count). The van der Waals surface area contributed by atoms with Crippen LogP contribution in [0.4, 0.5) is 0 Å². The molecular formula is C51H31N3S2. The maximum Gasteiger partial charge on any atom is 0.161 e. The summed E-state index contributed by atoms with van der Waals surface area (Å²) in [5.74, 6) is 0.672. The van der Waals surface area contributed by atoms with E-state index in [-0.39, 0.29) is 0 Å². The molecule has 0 aliphatic heterocycles. The number of rotatable bonds is 6. The van der Waals surface area contributed by atoms with E-state index in [0.717, 1.165) is 50.3 Å². The van der Waals surface area contributed by atoms with Crippen molar-refractivity contribution in [3.63, 3.8) is 0 Å². The average Bonchev–Trinajstić information content (AvgIpc) is 3.85. The lowest BCUT2D eigenvalue weighted by atomic mass is 9.93. The molecule has 0 spiro atoms. The summed E-state index contributed by atoms with van der Waals surface area (Å²) >= 11 is 3.72. The van der Waals surface area contributed by atoms with Crippen LogP contribution in [0.5, 0.6) is 0 Å². The van der Waals surface area contributed by atoms with Crippen LogP contribution in [0.3, 0.4) is 0 Å². The molecule has 0 unspecified atom stereocenters. The Morgan fingerprint density at radius 2 is 0.839 bits per heavy atom. The Labute approximate surface area is 331 Å². The highest BCUT2D eigenvalue weighted by Crippen LogP contribution is 2.45. The molecule has 0 saturated heterocycles. The zero-order valence-corrected chi connectivity index (χ0v) is 31.7. The Morgan fingerprint density at radius 3 is 1.46 bits per heavy atom. The van der Waals surface area contributed by atoms with Gasteiger partial charge in [-0.1, -0.05) is 133 Å². The molecule has 0 atom stereocenters. The molecule has 0 radical (unpaired) electrons. The minimum Gasteiger partial charge on any atom is -0.264 e. The van der Waals surface area contributed by atoms with Crippen molar-refractivity contribution in [1.82, 2.24) is 15.0 Å². The molecule has 0 N–H and O–H groups in total. The van der Waals surface area contributed by atoms with Gasteiger partial charge in [0.1, 0.15) is 0 Å². The van der Waals surface area contributed by atoms with Gasteiger partial charge in [-0.05, 0) is 70.3 Å². The quantitative estimate of drug-likeness (QED) is 0.170. The van der Waals surface area contributed by atoms with Gasteiger partial charge in [0.25, 0.3) is 0 Å². The van der Waals surface area contributed by atoms with Crippen molar-refractivity contribution in [2.45, 2.75) is 0 Å². The number of fused-ring (bicyclic) bond motifs is 6. The van der Waals surface area contributed by atoms with E-state index in [4.69, 9.17) is 9.97 Å². The molecule has 0 aliphatic carbocycles. The third kappa shape index (κ3) is 5.60. The van der Waals surface area contributed by atoms with E-state index in [1.54, 1.807) is 6.20 Å². The van der Waals surface area contributed by atoms with E-state index in [1.165, 1.54) is 51.5 Å².